The molecule has 1 fully saturated rings. The largest absolute Gasteiger partial charge is 0.373 e. The number of nitrogens with zero attached hydrogens (tertiary/aromatic N) is 1. The van der Waals surface area contributed by atoms with Crippen molar-refractivity contribution in [2.45, 2.75) is 39.4 Å². The van der Waals surface area contributed by atoms with E-state index in [4.69, 9.17) is 4.74 Å². The molecule has 1 aliphatic rings. The first-order valence-corrected chi connectivity index (χ1v) is 4.60. The second-order valence-corrected chi connectivity index (χ2v) is 3.52. The second kappa shape index (κ2) is 5.79. The Hall–Kier alpha value is 0.210. The molecule has 74 valence electrons. The normalized spacial score (nSPS) is 31.2. The fourth-order valence-corrected chi connectivity index (χ4v) is 1.78. The highest BCUT2D eigenvalue weighted by Crippen LogP contribution is 2.10. The van der Waals surface area contributed by atoms with Gasteiger partial charge in [0.15, 0.2) is 0 Å². The summed E-state index contributed by atoms with van der Waals surface area (Å²) in [5.41, 5.74) is 0. The van der Waals surface area contributed by atoms with Gasteiger partial charge in [0, 0.05) is 13.1 Å². The highest BCUT2D eigenvalue weighted by atomic mass is 35.5. The minimum atomic E-state index is 0. The Morgan fingerprint density at radius 3 is 2.17 bits per heavy atom. The summed E-state index contributed by atoms with van der Waals surface area (Å²) in [5, 5.41) is 0. The molecule has 1 saturated heterocycles. The maximum atomic E-state index is 5.62. The molecule has 2 atom stereocenters. The maximum Gasteiger partial charge on any atom is 0.0678 e. The molecule has 0 amide bonds. The fraction of sp³-hybridized carbons (Fsp3) is 1.00. The third-order valence-electron chi connectivity index (χ3n) is 2.04. The lowest BCUT2D eigenvalue weighted by molar-refractivity contribution is -0.0677. The smallest absolute Gasteiger partial charge is 0.0678 e. The van der Waals surface area contributed by atoms with Crippen molar-refractivity contribution in [1.29, 1.82) is 0 Å². The first kappa shape index (κ1) is 12.2. The summed E-state index contributed by atoms with van der Waals surface area (Å²) in [6.07, 6.45) is 2.09. The molecule has 0 bridgehead atoms. The quantitative estimate of drug-likeness (QED) is 0.665. The monoisotopic (exact) mass is 193 g/mol. The summed E-state index contributed by atoms with van der Waals surface area (Å²) < 4.78 is 5.62. The molecule has 0 saturated carbocycles. The predicted molar refractivity (Wildman–Crippen MR) is 54.0 cm³/mol. The van der Waals surface area contributed by atoms with E-state index in [9.17, 15) is 0 Å². The molecule has 3 heteroatoms. The minimum Gasteiger partial charge on any atom is -0.373 e. The predicted octanol–water partition coefficient (Wildman–Crippen LogP) is 1.93. The zero-order valence-corrected chi connectivity index (χ0v) is 9.06. The van der Waals surface area contributed by atoms with E-state index in [0.29, 0.717) is 12.2 Å². The number of morpholine rings is 1. The van der Waals surface area contributed by atoms with Crippen molar-refractivity contribution in [3.05, 3.63) is 0 Å². The molecule has 0 aliphatic carbocycles. The van der Waals surface area contributed by atoms with Crippen LogP contribution in [0.15, 0.2) is 0 Å². The molecular weight excluding hydrogens is 174 g/mol. The molecule has 0 unspecified atom stereocenters. The minimum absolute atomic E-state index is 0. The summed E-state index contributed by atoms with van der Waals surface area (Å²) in [4.78, 5) is 2.48. The van der Waals surface area contributed by atoms with Gasteiger partial charge in [0.2, 0.25) is 0 Å². The van der Waals surface area contributed by atoms with Gasteiger partial charge in [-0.25, -0.2) is 0 Å². The van der Waals surface area contributed by atoms with E-state index < -0.39 is 0 Å². The van der Waals surface area contributed by atoms with Crippen LogP contribution in [-0.4, -0.2) is 36.7 Å². The second-order valence-electron chi connectivity index (χ2n) is 3.52. The van der Waals surface area contributed by atoms with Crippen molar-refractivity contribution in [2.24, 2.45) is 0 Å². The molecule has 0 N–H and O–H groups in total. The van der Waals surface area contributed by atoms with E-state index in [2.05, 4.69) is 25.7 Å². The van der Waals surface area contributed by atoms with Gasteiger partial charge in [-0.15, -0.1) is 12.4 Å². The summed E-state index contributed by atoms with van der Waals surface area (Å²) in [6.45, 7) is 9.97. The lowest BCUT2D eigenvalue weighted by atomic mass is 10.2. The summed E-state index contributed by atoms with van der Waals surface area (Å²) >= 11 is 0. The van der Waals surface area contributed by atoms with Gasteiger partial charge in [-0.3, -0.25) is 4.90 Å². The van der Waals surface area contributed by atoms with E-state index in [1.807, 2.05) is 0 Å². The van der Waals surface area contributed by atoms with Gasteiger partial charge in [-0.2, -0.15) is 0 Å². The van der Waals surface area contributed by atoms with Gasteiger partial charge in [0.25, 0.3) is 0 Å². The Morgan fingerprint density at radius 2 is 1.75 bits per heavy atom. The van der Waals surface area contributed by atoms with Crippen molar-refractivity contribution < 1.29 is 4.74 Å². The summed E-state index contributed by atoms with van der Waals surface area (Å²) in [5.74, 6) is 0. The Kier molecular flexibility index (Phi) is 5.89. The summed E-state index contributed by atoms with van der Waals surface area (Å²) in [7, 11) is 0. The molecule has 2 nitrogen and oxygen atoms in total. The maximum absolute atomic E-state index is 5.62. The highest BCUT2D eigenvalue weighted by molar-refractivity contribution is 5.85. The van der Waals surface area contributed by atoms with Crippen LogP contribution in [0.2, 0.25) is 0 Å². The van der Waals surface area contributed by atoms with Crippen molar-refractivity contribution in [3.63, 3.8) is 0 Å². The number of rotatable bonds is 2. The van der Waals surface area contributed by atoms with Crippen LogP contribution < -0.4 is 0 Å². The molecule has 1 heterocycles. The zero-order chi connectivity index (χ0) is 8.27. The Balaban J connectivity index is 0.00000121. The topological polar surface area (TPSA) is 12.5 Å². The van der Waals surface area contributed by atoms with Gasteiger partial charge < -0.3 is 4.74 Å². The molecule has 0 aromatic carbocycles. The first-order chi connectivity index (χ1) is 5.22. The van der Waals surface area contributed by atoms with Crippen LogP contribution in [0, 0.1) is 0 Å². The molecule has 0 radical (unpaired) electrons. The van der Waals surface area contributed by atoms with Crippen LogP contribution in [0.25, 0.3) is 0 Å². The van der Waals surface area contributed by atoms with Crippen LogP contribution in [-0.2, 0) is 4.74 Å². The van der Waals surface area contributed by atoms with E-state index >= 15 is 0 Å². The third-order valence-corrected chi connectivity index (χ3v) is 2.04. The lowest BCUT2D eigenvalue weighted by Gasteiger charge is -2.35. The standard InChI is InChI=1S/C9H19NO.ClH/c1-4-5-10-6-8(2)11-9(3)7-10;/h8-9H,4-7H2,1-3H3;1H/t8-,9+;. The van der Waals surface area contributed by atoms with Gasteiger partial charge in [0.1, 0.15) is 0 Å². The first-order valence-electron chi connectivity index (χ1n) is 4.60. The van der Waals surface area contributed by atoms with Crippen LogP contribution in [0.1, 0.15) is 27.2 Å². The average Bonchev–Trinajstić information content (AvgIpc) is 1.85. The van der Waals surface area contributed by atoms with Gasteiger partial charge >= 0.3 is 0 Å². The number of hydrogen-bond donors (Lipinski definition) is 0. The molecule has 1 rings (SSSR count). The van der Waals surface area contributed by atoms with Crippen molar-refractivity contribution >= 4 is 12.4 Å². The van der Waals surface area contributed by atoms with E-state index in [1.165, 1.54) is 13.0 Å². The molecule has 0 aromatic heterocycles. The van der Waals surface area contributed by atoms with Crippen molar-refractivity contribution in [1.82, 2.24) is 4.90 Å². The lowest BCUT2D eigenvalue weighted by Crippen LogP contribution is -2.45. The third kappa shape index (κ3) is 3.74. The Bertz CT molecular complexity index is 111. The molecule has 1 aliphatic heterocycles. The molecule has 0 spiro atoms. The van der Waals surface area contributed by atoms with Crippen molar-refractivity contribution in [3.8, 4) is 0 Å². The zero-order valence-electron chi connectivity index (χ0n) is 8.25. The van der Waals surface area contributed by atoms with E-state index in [-0.39, 0.29) is 12.4 Å². The van der Waals surface area contributed by atoms with E-state index in [0.717, 1.165) is 13.1 Å². The number of halogens is 1. The van der Waals surface area contributed by atoms with Gasteiger partial charge in [-0.05, 0) is 26.8 Å². The van der Waals surface area contributed by atoms with Gasteiger partial charge in [-0.1, -0.05) is 6.92 Å². The van der Waals surface area contributed by atoms with Crippen LogP contribution >= 0.6 is 12.4 Å². The fourth-order valence-electron chi connectivity index (χ4n) is 1.78. The Labute approximate surface area is 81.7 Å². The summed E-state index contributed by atoms with van der Waals surface area (Å²) in [6, 6.07) is 0. The van der Waals surface area contributed by atoms with Crippen molar-refractivity contribution in [2.75, 3.05) is 19.6 Å². The Morgan fingerprint density at radius 1 is 1.25 bits per heavy atom. The van der Waals surface area contributed by atoms with E-state index in [1.54, 1.807) is 0 Å². The molecule has 12 heavy (non-hydrogen) atoms. The number of ether oxygens (including phenoxy) is 1. The van der Waals surface area contributed by atoms with Gasteiger partial charge in [0.05, 0.1) is 12.2 Å². The van der Waals surface area contributed by atoms with Crippen LogP contribution in [0.3, 0.4) is 0 Å². The molecular formula is C9H20ClNO. The molecule has 0 aromatic rings. The SMILES string of the molecule is CCCN1C[C@@H](C)O[C@@H](C)C1.Cl. The van der Waals surface area contributed by atoms with Crippen LogP contribution in [0.5, 0.6) is 0 Å². The highest BCUT2D eigenvalue weighted by Gasteiger charge is 2.20. The van der Waals surface area contributed by atoms with Crippen LogP contribution in [0.4, 0.5) is 0 Å². The number of hydrogen-bond acceptors (Lipinski definition) is 2. The average molecular weight is 194 g/mol.